The number of para-hydroxylation sites is 2. The molecular formula is C49H31N3O. The highest BCUT2D eigenvalue weighted by Gasteiger charge is 2.24. The van der Waals surface area contributed by atoms with Gasteiger partial charge in [-0.3, -0.25) is 4.98 Å². The summed E-state index contributed by atoms with van der Waals surface area (Å²) in [6.45, 7) is 0. The van der Waals surface area contributed by atoms with Crippen LogP contribution in [0.5, 0.6) is 0 Å². The molecule has 4 heteroatoms. The van der Waals surface area contributed by atoms with Crippen molar-refractivity contribution in [3.05, 3.63) is 182 Å². The third-order valence-corrected chi connectivity index (χ3v) is 10.6. The Morgan fingerprint density at radius 1 is 0.434 bits per heavy atom. The Balaban J connectivity index is 1.11. The molecule has 0 unspecified atom stereocenters. The van der Waals surface area contributed by atoms with Crippen LogP contribution in [-0.2, 0) is 0 Å². The lowest BCUT2D eigenvalue weighted by molar-refractivity contribution is 0.674. The van der Waals surface area contributed by atoms with E-state index in [1.165, 1.54) is 16.5 Å². The number of nitrogens with one attached hydrogen (secondary N) is 1. The van der Waals surface area contributed by atoms with Crippen LogP contribution in [-0.4, -0.2) is 4.98 Å². The Bertz CT molecular complexity index is 3020. The molecule has 1 aliphatic rings. The van der Waals surface area contributed by atoms with Crippen LogP contribution < -0.4 is 10.2 Å². The summed E-state index contributed by atoms with van der Waals surface area (Å²) in [5.41, 5.74) is 15.2. The van der Waals surface area contributed by atoms with Crippen molar-refractivity contribution in [3.8, 4) is 33.4 Å². The van der Waals surface area contributed by atoms with E-state index < -0.39 is 0 Å². The highest BCUT2D eigenvalue weighted by atomic mass is 16.3. The fourth-order valence-electron chi connectivity index (χ4n) is 8.13. The summed E-state index contributed by atoms with van der Waals surface area (Å²) in [6.07, 6.45) is 1.84. The molecule has 1 N–H and O–H groups in total. The first kappa shape index (κ1) is 29.5. The maximum atomic E-state index is 6.95. The summed E-state index contributed by atoms with van der Waals surface area (Å²) in [7, 11) is 0. The number of fused-ring (bicyclic) bond motifs is 7. The van der Waals surface area contributed by atoms with Crippen molar-refractivity contribution in [1.82, 2.24) is 4.98 Å². The number of pyridine rings is 1. The fraction of sp³-hybridized carbons (Fsp3) is 0. The van der Waals surface area contributed by atoms with Crippen LogP contribution in [0.15, 0.2) is 187 Å². The van der Waals surface area contributed by atoms with E-state index in [0.717, 1.165) is 88.9 Å². The van der Waals surface area contributed by atoms with Crippen molar-refractivity contribution in [2.24, 2.45) is 0 Å². The smallest absolute Gasteiger partial charge is 0.143 e. The second-order valence-electron chi connectivity index (χ2n) is 13.7. The minimum atomic E-state index is 0.900. The van der Waals surface area contributed by atoms with Gasteiger partial charge in [0.05, 0.1) is 5.52 Å². The highest BCUT2D eigenvalue weighted by Crippen LogP contribution is 2.49. The molecule has 11 rings (SSSR count). The molecule has 53 heavy (non-hydrogen) atoms. The standard InChI is InChI=1S/C49H31N3O/c1-3-11-32(12-4-1)40-28-34(29-42-43-30-41-38-16-7-8-18-45(38)51-46-19-9-17-39(47(41)46)48(43)53-49(40)42)31-20-22-36(23-21-31)52(35-14-5-2-6-15-35)37-24-25-44-33(27-37)13-10-26-50-44/h1-30,51H. The monoisotopic (exact) mass is 677 g/mol. The van der Waals surface area contributed by atoms with Crippen molar-refractivity contribution < 1.29 is 4.42 Å². The molecule has 0 fully saturated rings. The summed E-state index contributed by atoms with van der Waals surface area (Å²) < 4.78 is 6.95. The van der Waals surface area contributed by atoms with E-state index in [1.807, 2.05) is 12.3 Å². The average Bonchev–Trinajstić information content (AvgIpc) is 3.60. The zero-order valence-electron chi connectivity index (χ0n) is 28.6. The van der Waals surface area contributed by atoms with Crippen molar-refractivity contribution in [2.75, 3.05) is 10.2 Å². The van der Waals surface area contributed by atoms with Crippen LogP contribution >= 0.6 is 0 Å². The summed E-state index contributed by atoms with van der Waals surface area (Å²) in [6, 6.07) is 62.5. The van der Waals surface area contributed by atoms with Crippen molar-refractivity contribution in [1.29, 1.82) is 0 Å². The van der Waals surface area contributed by atoms with E-state index in [9.17, 15) is 0 Å². The van der Waals surface area contributed by atoms with Gasteiger partial charge in [0.15, 0.2) is 0 Å². The molecule has 0 radical (unpaired) electrons. The molecule has 3 heterocycles. The fourth-order valence-corrected chi connectivity index (χ4v) is 8.13. The Labute approximate surface area is 306 Å². The molecule has 2 aromatic heterocycles. The molecule has 0 amide bonds. The molecule has 248 valence electrons. The molecule has 0 bridgehead atoms. The van der Waals surface area contributed by atoms with Crippen LogP contribution in [0.3, 0.4) is 0 Å². The van der Waals surface area contributed by atoms with E-state index in [2.05, 4.69) is 185 Å². The van der Waals surface area contributed by atoms with Crippen LogP contribution in [0.4, 0.5) is 28.4 Å². The van der Waals surface area contributed by atoms with Gasteiger partial charge in [0.2, 0.25) is 0 Å². The van der Waals surface area contributed by atoms with Gasteiger partial charge in [-0.15, -0.1) is 0 Å². The Kier molecular flexibility index (Phi) is 6.52. The maximum absolute atomic E-state index is 6.95. The normalized spacial score (nSPS) is 11.9. The first-order chi connectivity index (χ1) is 26.3. The lowest BCUT2D eigenvalue weighted by Crippen LogP contribution is -2.09. The topological polar surface area (TPSA) is 41.3 Å². The van der Waals surface area contributed by atoms with Gasteiger partial charge >= 0.3 is 0 Å². The van der Waals surface area contributed by atoms with Gasteiger partial charge in [0.1, 0.15) is 11.2 Å². The number of furan rings is 1. The predicted molar refractivity (Wildman–Crippen MR) is 221 cm³/mol. The zero-order valence-corrected chi connectivity index (χ0v) is 28.6. The number of rotatable bonds is 5. The van der Waals surface area contributed by atoms with Gasteiger partial charge in [0.25, 0.3) is 0 Å². The van der Waals surface area contributed by atoms with Gasteiger partial charge < -0.3 is 14.6 Å². The molecule has 4 nitrogen and oxygen atoms in total. The van der Waals surface area contributed by atoms with Gasteiger partial charge in [-0.05, 0) is 101 Å². The quantitative estimate of drug-likeness (QED) is 0.197. The van der Waals surface area contributed by atoms with Crippen LogP contribution in [0, 0.1) is 0 Å². The molecule has 10 aromatic rings. The summed E-state index contributed by atoms with van der Waals surface area (Å²) in [5, 5.41) is 9.31. The highest BCUT2D eigenvalue weighted by molar-refractivity contribution is 6.25. The van der Waals surface area contributed by atoms with Gasteiger partial charge in [0, 0.05) is 72.7 Å². The summed E-state index contributed by atoms with van der Waals surface area (Å²) >= 11 is 0. The van der Waals surface area contributed by atoms with Crippen molar-refractivity contribution >= 4 is 72.1 Å². The first-order valence-electron chi connectivity index (χ1n) is 18.0. The molecule has 1 aliphatic heterocycles. The molecule has 8 aromatic carbocycles. The molecular weight excluding hydrogens is 647 g/mol. The van der Waals surface area contributed by atoms with Crippen LogP contribution in [0.1, 0.15) is 0 Å². The Hall–Kier alpha value is -7.17. The first-order valence-corrected chi connectivity index (χ1v) is 18.0. The molecule has 0 spiro atoms. The number of anilines is 5. The van der Waals surface area contributed by atoms with Crippen LogP contribution in [0.25, 0.3) is 77.0 Å². The van der Waals surface area contributed by atoms with Crippen molar-refractivity contribution in [3.63, 3.8) is 0 Å². The molecule has 0 saturated carbocycles. The molecule has 0 aliphatic carbocycles. The zero-order chi connectivity index (χ0) is 34.9. The second kappa shape index (κ2) is 11.7. The SMILES string of the molecule is c1ccc(-c2cc(-c3ccc(N(c4ccccc4)c4ccc5ncccc5c4)cc3)cc3c2oc2c4cccc5c4c(cc32)-c2ccccc2N5)cc1. The van der Waals surface area contributed by atoms with E-state index in [-0.39, 0.29) is 0 Å². The number of nitrogens with zero attached hydrogens (tertiary/aromatic N) is 2. The van der Waals surface area contributed by atoms with E-state index >= 15 is 0 Å². The third kappa shape index (κ3) is 4.73. The molecule has 0 atom stereocenters. The van der Waals surface area contributed by atoms with Gasteiger partial charge in [-0.1, -0.05) is 97.1 Å². The van der Waals surface area contributed by atoms with Gasteiger partial charge in [-0.25, -0.2) is 0 Å². The predicted octanol–water partition coefficient (Wildman–Crippen LogP) is 13.8. The minimum Gasteiger partial charge on any atom is -0.455 e. The Morgan fingerprint density at radius 3 is 2.04 bits per heavy atom. The number of aromatic nitrogens is 1. The average molecular weight is 678 g/mol. The van der Waals surface area contributed by atoms with Crippen molar-refractivity contribution in [2.45, 2.75) is 0 Å². The van der Waals surface area contributed by atoms with Crippen LogP contribution in [0.2, 0.25) is 0 Å². The van der Waals surface area contributed by atoms with Gasteiger partial charge in [-0.2, -0.15) is 0 Å². The third-order valence-electron chi connectivity index (χ3n) is 10.6. The lowest BCUT2D eigenvalue weighted by Gasteiger charge is -2.26. The molecule has 0 saturated heterocycles. The number of hydrogen-bond donors (Lipinski definition) is 1. The Morgan fingerprint density at radius 2 is 1.17 bits per heavy atom. The van der Waals surface area contributed by atoms with E-state index in [0.29, 0.717) is 0 Å². The number of benzene rings is 8. The van der Waals surface area contributed by atoms with E-state index in [4.69, 9.17) is 4.42 Å². The second-order valence-corrected chi connectivity index (χ2v) is 13.7. The maximum Gasteiger partial charge on any atom is 0.143 e. The van der Waals surface area contributed by atoms with E-state index in [1.54, 1.807) is 0 Å². The summed E-state index contributed by atoms with van der Waals surface area (Å²) in [5.74, 6) is 0. The summed E-state index contributed by atoms with van der Waals surface area (Å²) in [4.78, 5) is 6.85. The lowest BCUT2D eigenvalue weighted by atomic mass is 9.90. The largest absolute Gasteiger partial charge is 0.455 e. The number of hydrogen-bond acceptors (Lipinski definition) is 4. The minimum absolute atomic E-state index is 0.900.